The molecule has 1 aliphatic carbocycles. The van der Waals surface area contributed by atoms with Gasteiger partial charge in [-0.05, 0) is 41.6 Å². The Balaban J connectivity index is 1.90. The van der Waals surface area contributed by atoms with Gasteiger partial charge in [-0.15, -0.1) is 0 Å². The average Bonchev–Trinajstić information content (AvgIpc) is 2.84. The quantitative estimate of drug-likeness (QED) is 0.732. The van der Waals surface area contributed by atoms with E-state index in [0.29, 0.717) is 4.47 Å². The van der Waals surface area contributed by atoms with Gasteiger partial charge in [0.2, 0.25) is 0 Å². The molecule has 0 bridgehead atoms. The molecule has 0 aromatic carbocycles. The van der Waals surface area contributed by atoms with E-state index in [1.54, 1.807) is 10.9 Å². The molecule has 6 heteroatoms. The summed E-state index contributed by atoms with van der Waals surface area (Å²) < 4.78 is 8.06. The van der Waals surface area contributed by atoms with Crippen LogP contribution in [-0.4, -0.2) is 21.8 Å². The molecule has 3 rings (SSSR count). The Bertz CT molecular complexity index is 540. The summed E-state index contributed by atoms with van der Waals surface area (Å²) in [4.78, 5) is 16.3. The van der Waals surface area contributed by atoms with Crippen molar-refractivity contribution in [3.63, 3.8) is 0 Å². The third kappa shape index (κ3) is 2.48. The predicted molar refractivity (Wildman–Crippen MR) is 76.6 cm³/mol. The minimum atomic E-state index is -0.0972. The Morgan fingerprint density at radius 2 is 2.21 bits per heavy atom. The molecule has 1 unspecified atom stereocenters. The van der Waals surface area contributed by atoms with Crippen molar-refractivity contribution in [3.05, 3.63) is 26.3 Å². The van der Waals surface area contributed by atoms with E-state index in [9.17, 15) is 4.79 Å². The molecule has 0 N–H and O–H groups in total. The zero-order valence-electron chi connectivity index (χ0n) is 10.6. The van der Waals surface area contributed by atoms with Crippen LogP contribution >= 0.6 is 27.5 Å². The van der Waals surface area contributed by atoms with E-state index in [1.807, 2.05) is 0 Å². The molecule has 1 atom stereocenters. The van der Waals surface area contributed by atoms with Gasteiger partial charge in [-0.25, -0.2) is 4.98 Å². The first-order chi connectivity index (χ1) is 9.11. The van der Waals surface area contributed by atoms with Gasteiger partial charge in [0.05, 0.1) is 11.9 Å². The number of rotatable bonds is 1. The van der Waals surface area contributed by atoms with Crippen molar-refractivity contribution in [1.82, 2.24) is 9.55 Å². The Morgan fingerprint density at radius 3 is 2.95 bits per heavy atom. The van der Waals surface area contributed by atoms with Gasteiger partial charge in [-0.1, -0.05) is 24.4 Å². The second-order valence-electron chi connectivity index (χ2n) is 5.45. The molecule has 2 fully saturated rings. The van der Waals surface area contributed by atoms with Gasteiger partial charge in [-0.2, -0.15) is 0 Å². The smallest absolute Gasteiger partial charge is 0.269 e. The fourth-order valence-electron chi connectivity index (χ4n) is 3.29. The number of ether oxygens (including phenoxy) is 1. The third-order valence-electron chi connectivity index (χ3n) is 4.27. The van der Waals surface area contributed by atoms with Crippen molar-refractivity contribution in [1.29, 1.82) is 0 Å². The van der Waals surface area contributed by atoms with Crippen molar-refractivity contribution < 1.29 is 4.74 Å². The predicted octanol–water partition coefficient (Wildman–Crippen LogP) is 3.32. The Kier molecular flexibility index (Phi) is 3.71. The van der Waals surface area contributed by atoms with Crippen molar-refractivity contribution >= 4 is 27.5 Å². The molecule has 1 aromatic rings. The summed E-state index contributed by atoms with van der Waals surface area (Å²) in [7, 11) is 0. The molecule has 104 valence electrons. The maximum absolute atomic E-state index is 12.2. The van der Waals surface area contributed by atoms with E-state index < -0.39 is 0 Å². The molecule has 0 amide bonds. The summed E-state index contributed by atoms with van der Waals surface area (Å²) in [6.45, 7) is 0.720. The SMILES string of the molecule is O=c1c(Br)c(Cl)ncn1C1CCOC2(CCCC2)C1. The number of aromatic nitrogens is 2. The third-order valence-corrected chi connectivity index (χ3v) is 5.50. The second kappa shape index (κ2) is 5.19. The van der Waals surface area contributed by atoms with Crippen LogP contribution in [0.3, 0.4) is 0 Å². The zero-order valence-corrected chi connectivity index (χ0v) is 12.9. The average molecular weight is 348 g/mol. The van der Waals surface area contributed by atoms with E-state index >= 15 is 0 Å². The topological polar surface area (TPSA) is 44.1 Å². The van der Waals surface area contributed by atoms with Crippen molar-refractivity contribution in [2.45, 2.75) is 50.2 Å². The lowest BCUT2D eigenvalue weighted by atomic mass is 9.89. The van der Waals surface area contributed by atoms with Crippen molar-refractivity contribution in [3.8, 4) is 0 Å². The van der Waals surface area contributed by atoms with Gasteiger partial charge in [0.15, 0.2) is 5.15 Å². The van der Waals surface area contributed by atoms with Gasteiger partial charge in [0.25, 0.3) is 5.56 Å². The van der Waals surface area contributed by atoms with Crippen LogP contribution in [0, 0.1) is 0 Å². The second-order valence-corrected chi connectivity index (χ2v) is 6.60. The van der Waals surface area contributed by atoms with Gasteiger partial charge in [0.1, 0.15) is 4.47 Å². The molecule has 0 radical (unpaired) electrons. The highest BCUT2D eigenvalue weighted by molar-refractivity contribution is 9.10. The largest absolute Gasteiger partial charge is 0.375 e. The number of halogens is 2. The van der Waals surface area contributed by atoms with Gasteiger partial charge in [0, 0.05) is 12.6 Å². The zero-order chi connectivity index (χ0) is 13.5. The molecule has 19 heavy (non-hydrogen) atoms. The van der Waals surface area contributed by atoms with Gasteiger partial charge in [-0.3, -0.25) is 9.36 Å². The van der Waals surface area contributed by atoms with E-state index in [4.69, 9.17) is 16.3 Å². The lowest BCUT2D eigenvalue weighted by Crippen LogP contribution is -2.40. The maximum atomic E-state index is 12.2. The Hall–Kier alpha value is -0.390. The fourth-order valence-corrected chi connectivity index (χ4v) is 3.72. The lowest BCUT2D eigenvalue weighted by molar-refractivity contribution is -0.0900. The monoisotopic (exact) mass is 346 g/mol. The molecular formula is C13H16BrClN2O2. The molecule has 1 spiro atoms. The first kappa shape index (κ1) is 13.6. The summed E-state index contributed by atoms with van der Waals surface area (Å²) in [5.74, 6) is 0. The fraction of sp³-hybridized carbons (Fsp3) is 0.692. The highest BCUT2D eigenvalue weighted by atomic mass is 79.9. The summed E-state index contributed by atoms with van der Waals surface area (Å²) >= 11 is 9.06. The number of hydrogen-bond donors (Lipinski definition) is 0. The standard InChI is InChI=1S/C13H16BrClN2O2/c14-10-11(15)16-8-17(12(10)18)9-3-6-19-13(7-9)4-1-2-5-13/h8-9H,1-7H2. The molecule has 1 aromatic heterocycles. The normalized spacial score (nSPS) is 25.9. The summed E-state index contributed by atoms with van der Waals surface area (Å²) in [5, 5.41) is 0.226. The number of hydrogen-bond acceptors (Lipinski definition) is 3. The highest BCUT2D eigenvalue weighted by Crippen LogP contribution is 2.43. The Labute approximate surface area is 125 Å². The highest BCUT2D eigenvalue weighted by Gasteiger charge is 2.40. The van der Waals surface area contributed by atoms with Crippen LogP contribution in [0.15, 0.2) is 15.6 Å². The Morgan fingerprint density at radius 1 is 1.47 bits per heavy atom. The lowest BCUT2D eigenvalue weighted by Gasteiger charge is -2.38. The van der Waals surface area contributed by atoms with E-state index in [2.05, 4.69) is 20.9 Å². The summed E-state index contributed by atoms with van der Waals surface area (Å²) in [6.07, 6.45) is 8.00. The molecule has 2 heterocycles. The number of nitrogens with zero attached hydrogens (tertiary/aromatic N) is 2. The minimum absolute atomic E-state index is 0.00549. The summed E-state index contributed by atoms with van der Waals surface area (Å²) in [6, 6.07) is 0.167. The van der Waals surface area contributed by atoms with E-state index in [-0.39, 0.29) is 22.4 Å². The molecular weight excluding hydrogens is 332 g/mol. The molecule has 4 nitrogen and oxygen atoms in total. The molecule has 1 saturated heterocycles. The molecule has 2 aliphatic rings. The van der Waals surface area contributed by atoms with Crippen LogP contribution in [-0.2, 0) is 4.74 Å². The van der Waals surface area contributed by atoms with Crippen LogP contribution in [0.1, 0.15) is 44.6 Å². The van der Waals surface area contributed by atoms with Crippen LogP contribution in [0.25, 0.3) is 0 Å². The maximum Gasteiger partial charge on any atom is 0.269 e. The van der Waals surface area contributed by atoms with E-state index in [1.165, 1.54) is 12.8 Å². The first-order valence-electron chi connectivity index (χ1n) is 6.67. The van der Waals surface area contributed by atoms with Crippen LogP contribution < -0.4 is 5.56 Å². The van der Waals surface area contributed by atoms with Crippen LogP contribution in [0.4, 0.5) is 0 Å². The molecule has 1 aliphatic heterocycles. The molecule has 1 saturated carbocycles. The first-order valence-corrected chi connectivity index (χ1v) is 7.84. The van der Waals surface area contributed by atoms with Crippen LogP contribution in [0.5, 0.6) is 0 Å². The minimum Gasteiger partial charge on any atom is -0.375 e. The van der Waals surface area contributed by atoms with Crippen LogP contribution in [0.2, 0.25) is 5.15 Å². The van der Waals surface area contributed by atoms with Crippen molar-refractivity contribution in [2.24, 2.45) is 0 Å². The van der Waals surface area contributed by atoms with E-state index in [0.717, 1.165) is 32.3 Å². The van der Waals surface area contributed by atoms with Gasteiger partial charge >= 0.3 is 0 Å². The van der Waals surface area contributed by atoms with Gasteiger partial charge < -0.3 is 4.74 Å². The van der Waals surface area contributed by atoms with Crippen molar-refractivity contribution in [2.75, 3.05) is 6.61 Å². The summed E-state index contributed by atoms with van der Waals surface area (Å²) in [5.41, 5.74) is -0.103.